The van der Waals surface area contributed by atoms with Crippen LogP contribution in [0.15, 0.2) is 42.0 Å². The first-order valence-electron chi connectivity index (χ1n) is 9.04. The molecule has 0 atom stereocenters. The average molecular weight is 449 g/mol. The standard InChI is InChI=1S/C19H18Cl2N6OS/c20-15-3-1-2-14(17(15)21)11-26-6-8-27(9-7-26)16-5-4-13(10-22-16)18(28)24-19-25-23-12-29-19/h1-5,10,12H,6-9,11H2,(H,24,25,28). The summed E-state index contributed by atoms with van der Waals surface area (Å²) >= 11 is 13.7. The molecule has 0 aliphatic carbocycles. The highest BCUT2D eigenvalue weighted by Gasteiger charge is 2.19. The van der Waals surface area contributed by atoms with Crippen LogP contribution in [-0.4, -0.2) is 52.2 Å². The van der Waals surface area contributed by atoms with Gasteiger partial charge in [-0.05, 0) is 23.8 Å². The van der Waals surface area contributed by atoms with Gasteiger partial charge < -0.3 is 4.90 Å². The van der Waals surface area contributed by atoms with Gasteiger partial charge in [0, 0.05) is 38.9 Å². The monoisotopic (exact) mass is 448 g/mol. The number of pyridine rings is 1. The normalized spacial score (nSPS) is 14.8. The lowest BCUT2D eigenvalue weighted by atomic mass is 10.2. The molecule has 2 aromatic heterocycles. The number of hydrogen-bond donors (Lipinski definition) is 1. The average Bonchev–Trinajstić information content (AvgIpc) is 3.25. The van der Waals surface area contributed by atoms with Gasteiger partial charge in [0.1, 0.15) is 11.3 Å². The van der Waals surface area contributed by atoms with Gasteiger partial charge in [-0.3, -0.25) is 15.0 Å². The predicted molar refractivity (Wildman–Crippen MR) is 116 cm³/mol. The maximum atomic E-state index is 12.2. The Kier molecular flexibility index (Phi) is 6.25. The van der Waals surface area contributed by atoms with Crippen molar-refractivity contribution in [2.45, 2.75) is 6.54 Å². The Balaban J connectivity index is 1.32. The Morgan fingerprint density at radius 3 is 2.66 bits per heavy atom. The van der Waals surface area contributed by atoms with Crippen molar-refractivity contribution in [2.75, 3.05) is 36.4 Å². The zero-order valence-corrected chi connectivity index (χ0v) is 17.7. The number of carbonyl (C=O) groups excluding carboxylic acids is 1. The van der Waals surface area contributed by atoms with Crippen LogP contribution in [0.5, 0.6) is 0 Å². The van der Waals surface area contributed by atoms with Gasteiger partial charge in [0.25, 0.3) is 5.91 Å². The van der Waals surface area contributed by atoms with Gasteiger partial charge in [-0.1, -0.05) is 46.7 Å². The topological polar surface area (TPSA) is 74.2 Å². The minimum atomic E-state index is -0.246. The van der Waals surface area contributed by atoms with Crippen LogP contribution in [0.25, 0.3) is 0 Å². The zero-order chi connectivity index (χ0) is 20.2. The fraction of sp³-hybridized carbons (Fsp3) is 0.263. The molecule has 1 saturated heterocycles. The summed E-state index contributed by atoms with van der Waals surface area (Å²) in [5.41, 5.74) is 3.09. The third-order valence-corrected chi connectivity index (χ3v) is 6.18. The van der Waals surface area contributed by atoms with Crippen LogP contribution in [0.1, 0.15) is 15.9 Å². The molecule has 1 aliphatic rings. The molecular weight excluding hydrogens is 431 g/mol. The molecule has 1 aliphatic heterocycles. The molecular formula is C19H18Cl2N6OS. The lowest BCUT2D eigenvalue weighted by Crippen LogP contribution is -2.46. The summed E-state index contributed by atoms with van der Waals surface area (Å²) in [6.45, 7) is 4.25. The quantitative estimate of drug-likeness (QED) is 0.639. The molecule has 1 N–H and O–H groups in total. The van der Waals surface area contributed by atoms with E-state index in [1.807, 2.05) is 18.2 Å². The van der Waals surface area contributed by atoms with E-state index in [9.17, 15) is 4.79 Å². The number of anilines is 2. The third-order valence-electron chi connectivity index (χ3n) is 4.71. The minimum Gasteiger partial charge on any atom is -0.354 e. The number of benzene rings is 1. The van der Waals surface area contributed by atoms with Gasteiger partial charge in [0.2, 0.25) is 5.13 Å². The third kappa shape index (κ3) is 4.84. The summed E-state index contributed by atoms with van der Waals surface area (Å²) in [7, 11) is 0. The highest BCUT2D eigenvalue weighted by atomic mass is 35.5. The molecule has 0 spiro atoms. The van der Waals surface area contributed by atoms with Crippen molar-refractivity contribution in [2.24, 2.45) is 0 Å². The first kappa shape index (κ1) is 20.0. The summed E-state index contributed by atoms with van der Waals surface area (Å²) < 4.78 is 0. The number of nitrogens with zero attached hydrogens (tertiary/aromatic N) is 5. The predicted octanol–water partition coefficient (Wildman–Crippen LogP) is 3.81. The summed E-state index contributed by atoms with van der Waals surface area (Å²) in [4.78, 5) is 21.2. The number of carbonyl (C=O) groups is 1. The van der Waals surface area contributed by atoms with Crippen molar-refractivity contribution >= 4 is 51.4 Å². The Hall–Kier alpha value is -2.26. The molecule has 4 rings (SSSR count). The van der Waals surface area contributed by atoms with E-state index in [0.29, 0.717) is 20.7 Å². The number of aromatic nitrogens is 3. The van der Waals surface area contributed by atoms with Crippen LogP contribution in [0.4, 0.5) is 10.9 Å². The van der Waals surface area contributed by atoms with E-state index in [1.54, 1.807) is 23.8 Å². The van der Waals surface area contributed by atoms with Gasteiger partial charge in [0.15, 0.2) is 0 Å². The van der Waals surface area contributed by atoms with E-state index in [-0.39, 0.29) is 5.91 Å². The van der Waals surface area contributed by atoms with Crippen molar-refractivity contribution in [1.82, 2.24) is 20.1 Å². The van der Waals surface area contributed by atoms with Gasteiger partial charge in [-0.25, -0.2) is 4.98 Å². The molecule has 0 radical (unpaired) electrons. The van der Waals surface area contributed by atoms with Crippen LogP contribution in [0.2, 0.25) is 10.0 Å². The number of rotatable bonds is 5. The van der Waals surface area contributed by atoms with Gasteiger partial charge in [-0.15, -0.1) is 10.2 Å². The largest absolute Gasteiger partial charge is 0.354 e. The second-order valence-electron chi connectivity index (χ2n) is 6.58. The van der Waals surface area contributed by atoms with Crippen LogP contribution in [0.3, 0.4) is 0 Å². The fourth-order valence-electron chi connectivity index (χ4n) is 3.15. The molecule has 29 heavy (non-hydrogen) atoms. The lowest BCUT2D eigenvalue weighted by molar-refractivity contribution is 0.102. The van der Waals surface area contributed by atoms with E-state index in [0.717, 1.165) is 44.1 Å². The Bertz CT molecular complexity index is 975. The van der Waals surface area contributed by atoms with Crippen molar-refractivity contribution in [3.05, 3.63) is 63.2 Å². The molecule has 0 unspecified atom stereocenters. The molecule has 1 fully saturated rings. The number of nitrogens with one attached hydrogen (secondary N) is 1. The van der Waals surface area contributed by atoms with Crippen LogP contribution < -0.4 is 10.2 Å². The van der Waals surface area contributed by atoms with Crippen molar-refractivity contribution in [3.63, 3.8) is 0 Å². The first-order valence-corrected chi connectivity index (χ1v) is 10.7. The summed E-state index contributed by atoms with van der Waals surface area (Å²) in [5.74, 6) is 0.613. The second kappa shape index (κ2) is 9.04. The van der Waals surface area contributed by atoms with E-state index < -0.39 is 0 Å². The Morgan fingerprint density at radius 2 is 1.97 bits per heavy atom. The molecule has 150 valence electrons. The minimum absolute atomic E-state index is 0.246. The summed E-state index contributed by atoms with van der Waals surface area (Å²) in [6, 6.07) is 9.38. The maximum Gasteiger partial charge on any atom is 0.259 e. The Labute approximate surface area is 182 Å². The van der Waals surface area contributed by atoms with Crippen LogP contribution >= 0.6 is 34.5 Å². The highest BCUT2D eigenvalue weighted by molar-refractivity contribution is 7.13. The van der Waals surface area contributed by atoms with E-state index in [4.69, 9.17) is 23.2 Å². The number of halogens is 2. The highest BCUT2D eigenvalue weighted by Crippen LogP contribution is 2.27. The SMILES string of the molecule is O=C(Nc1nncs1)c1ccc(N2CCN(Cc3cccc(Cl)c3Cl)CC2)nc1. The number of hydrogen-bond acceptors (Lipinski definition) is 7. The van der Waals surface area contributed by atoms with E-state index in [1.165, 1.54) is 11.3 Å². The zero-order valence-electron chi connectivity index (χ0n) is 15.4. The summed E-state index contributed by atoms with van der Waals surface area (Å²) in [6.07, 6.45) is 1.59. The van der Waals surface area contributed by atoms with E-state index >= 15 is 0 Å². The van der Waals surface area contributed by atoms with E-state index in [2.05, 4.69) is 30.3 Å². The molecule has 10 heteroatoms. The molecule has 0 saturated carbocycles. The van der Waals surface area contributed by atoms with Crippen molar-refractivity contribution < 1.29 is 4.79 Å². The number of amides is 1. The lowest BCUT2D eigenvalue weighted by Gasteiger charge is -2.35. The van der Waals surface area contributed by atoms with Gasteiger partial charge in [0.05, 0.1) is 15.6 Å². The van der Waals surface area contributed by atoms with Crippen LogP contribution in [-0.2, 0) is 6.54 Å². The molecule has 0 bridgehead atoms. The van der Waals surface area contributed by atoms with Crippen molar-refractivity contribution in [3.8, 4) is 0 Å². The van der Waals surface area contributed by atoms with Crippen LogP contribution in [0, 0.1) is 0 Å². The smallest absolute Gasteiger partial charge is 0.259 e. The second-order valence-corrected chi connectivity index (χ2v) is 8.20. The number of piperazine rings is 1. The molecule has 3 aromatic rings. The molecule has 1 aromatic carbocycles. The van der Waals surface area contributed by atoms with Crippen molar-refractivity contribution in [1.29, 1.82) is 0 Å². The Morgan fingerprint density at radius 1 is 1.14 bits per heavy atom. The molecule has 3 heterocycles. The first-order chi connectivity index (χ1) is 14.1. The fourth-order valence-corrected chi connectivity index (χ4v) is 3.97. The molecule has 1 amide bonds. The maximum absolute atomic E-state index is 12.2. The van der Waals surface area contributed by atoms with Gasteiger partial charge >= 0.3 is 0 Å². The van der Waals surface area contributed by atoms with Gasteiger partial charge in [-0.2, -0.15) is 0 Å². The molecule has 7 nitrogen and oxygen atoms in total. The summed E-state index contributed by atoms with van der Waals surface area (Å²) in [5, 5.41) is 11.9.